The average molecular weight is 371 g/mol. The lowest BCUT2D eigenvalue weighted by atomic mass is 10.1. The van der Waals surface area contributed by atoms with Crippen molar-refractivity contribution in [2.24, 2.45) is 0 Å². The quantitative estimate of drug-likeness (QED) is 0.593. The highest BCUT2D eigenvalue weighted by Crippen LogP contribution is 2.29. The van der Waals surface area contributed by atoms with Crippen molar-refractivity contribution in [3.05, 3.63) is 26.8 Å². The molecule has 96 valence electrons. The van der Waals surface area contributed by atoms with Gasteiger partial charge < -0.3 is 9.47 Å². The number of halogens is 4. The summed E-state index contributed by atoms with van der Waals surface area (Å²) < 4.78 is 44.8. The van der Waals surface area contributed by atoms with Gasteiger partial charge in [0.05, 0.1) is 18.2 Å². The van der Waals surface area contributed by atoms with E-state index in [1.807, 2.05) is 0 Å². The van der Waals surface area contributed by atoms with E-state index < -0.39 is 18.1 Å². The van der Waals surface area contributed by atoms with E-state index in [0.29, 0.717) is 3.57 Å². The molecule has 1 aromatic carbocycles. The summed E-state index contributed by atoms with van der Waals surface area (Å²) in [4.78, 5) is 11.3. The van der Waals surface area contributed by atoms with E-state index in [0.717, 1.165) is 19.2 Å². The maximum atomic E-state index is 12.1. The third-order valence-corrected chi connectivity index (χ3v) is 2.71. The number of rotatable bonds is 2. The normalized spacial score (nSPS) is 10.7. The van der Waals surface area contributed by atoms with Crippen molar-refractivity contribution in [3.63, 3.8) is 0 Å². The zero-order valence-corrected chi connectivity index (χ0v) is 11.0. The molecule has 0 spiro atoms. The zero-order chi connectivity index (χ0) is 13.9. The lowest BCUT2D eigenvalue weighted by Gasteiger charge is -2.12. The predicted octanol–water partition coefficient (Wildman–Crippen LogP) is 2.85. The number of ether oxygens (including phenoxy) is 2. The minimum Gasteiger partial charge on any atom is -0.465 e. The summed E-state index contributed by atoms with van der Waals surface area (Å²) in [6.07, 6.45) is -4.94. The van der Waals surface area contributed by atoms with Gasteiger partial charge in [-0.05, 0) is 34.7 Å². The van der Waals surface area contributed by atoms with Crippen LogP contribution < -0.4 is 4.74 Å². The van der Waals surface area contributed by atoms with Gasteiger partial charge in [-0.1, -0.05) is 0 Å². The topological polar surface area (TPSA) is 59.3 Å². The van der Waals surface area contributed by atoms with E-state index in [-0.39, 0.29) is 11.1 Å². The molecule has 1 rings (SSSR count). The largest absolute Gasteiger partial charge is 0.573 e. The van der Waals surface area contributed by atoms with Gasteiger partial charge >= 0.3 is 12.3 Å². The SMILES string of the molecule is COC(=O)c1cc(OC(F)(F)F)c(C#N)cc1I. The first-order valence-corrected chi connectivity index (χ1v) is 5.44. The van der Waals surface area contributed by atoms with Crippen LogP contribution in [-0.4, -0.2) is 19.4 Å². The van der Waals surface area contributed by atoms with Crippen LogP contribution in [0.2, 0.25) is 0 Å². The van der Waals surface area contributed by atoms with Gasteiger partial charge in [0.1, 0.15) is 11.8 Å². The molecule has 18 heavy (non-hydrogen) atoms. The fourth-order valence-corrected chi connectivity index (χ4v) is 1.80. The molecule has 0 aliphatic rings. The molecule has 0 amide bonds. The van der Waals surface area contributed by atoms with Crippen molar-refractivity contribution in [1.82, 2.24) is 0 Å². The Labute approximate surface area is 113 Å². The summed E-state index contributed by atoms with van der Waals surface area (Å²) in [5.41, 5.74) is -0.416. The lowest BCUT2D eigenvalue weighted by Crippen LogP contribution is -2.18. The minimum atomic E-state index is -4.94. The number of methoxy groups -OCH3 is 1. The molecule has 0 fully saturated rings. The molecule has 0 aliphatic heterocycles. The van der Waals surface area contributed by atoms with E-state index in [1.165, 1.54) is 0 Å². The summed E-state index contributed by atoms with van der Waals surface area (Å²) in [5, 5.41) is 8.71. The third kappa shape index (κ3) is 3.49. The maximum Gasteiger partial charge on any atom is 0.573 e. The van der Waals surface area contributed by atoms with Gasteiger partial charge in [0.2, 0.25) is 0 Å². The van der Waals surface area contributed by atoms with E-state index in [1.54, 1.807) is 28.7 Å². The molecule has 4 nitrogen and oxygen atoms in total. The predicted molar refractivity (Wildman–Crippen MR) is 61.9 cm³/mol. The smallest absolute Gasteiger partial charge is 0.465 e. The van der Waals surface area contributed by atoms with Crippen LogP contribution in [0, 0.1) is 14.9 Å². The second kappa shape index (κ2) is 5.43. The van der Waals surface area contributed by atoms with Gasteiger partial charge in [-0.3, -0.25) is 0 Å². The molecule has 0 bridgehead atoms. The number of benzene rings is 1. The van der Waals surface area contributed by atoms with Crippen LogP contribution in [0.15, 0.2) is 12.1 Å². The molecule has 1 aromatic rings. The monoisotopic (exact) mass is 371 g/mol. The van der Waals surface area contributed by atoms with Crippen LogP contribution in [0.4, 0.5) is 13.2 Å². The summed E-state index contributed by atoms with van der Waals surface area (Å²) in [7, 11) is 1.10. The molecule has 0 N–H and O–H groups in total. The Bertz CT molecular complexity index is 522. The second-order valence-electron chi connectivity index (χ2n) is 2.98. The molecular formula is C10H5F3INO3. The Morgan fingerprint density at radius 1 is 1.44 bits per heavy atom. The van der Waals surface area contributed by atoms with E-state index in [4.69, 9.17) is 5.26 Å². The maximum absolute atomic E-state index is 12.1. The minimum absolute atomic E-state index is 0.101. The van der Waals surface area contributed by atoms with Crippen LogP contribution in [0.25, 0.3) is 0 Å². The lowest BCUT2D eigenvalue weighted by molar-refractivity contribution is -0.274. The van der Waals surface area contributed by atoms with Crippen LogP contribution in [-0.2, 0) is 4.74 Å². The standard InChI is InChI=1S/C10H5F3INO3/c1-17-9(16)6-3-8(18-10(11,12)13)5(4-15)2-7(6)14/h2-3H,1H3. The summed E-state index contributed by atoms with van der Waals surface area (Å²) in [5.74, 6) is -1.54. The van der Waals surface area contributed by atoms with Crippen molar-refractivity contribution < 1.29 is 27.4 Å². The molecular weight excluding hydrogens is 366 g/mol. The van der Waals surface area contributed by atoms with Crippen molar-refractivity contribution in [3.8, 4) is 11.8 Å². The van der Waals surface area contributed by atoms with Crippen LogP contribution >= 0.6 is 22.6 Å². The van der Waals surface area contributed by atoms with E-state index >= 15 is 0 Å². The van der Waals surface area contributed by atoms with Gasteiger partial charge in [0.25, 0.3) is 0 Å². The summed E-state index contributed by atoms with van der Waals surface area (Å²) in [6.45, 7) is 0. The number of hydrogen-bond donors (Lipinski definition) is 0. The van der Waals surface area contributed by atoms with Crippen molar-refractivity contribution in [2.75, 3.05) is 7.11 Å². The highest BCUT2D eigenvalue weighted by atomic mass is 127. The molecule has 0 saturated carbocycles. The Morgan fingerprint density at radius 3 is 2.50 bits per heavy atom. The first kappa shape index (κ1) is 14.6. The summed E-state index contributed by atoms with van der Waals surface area (Å²) >= 11 is 1.71. The Morgan fingerprint density at radius 2 is 2.06 bits per heavy atom. The molecule has 0 aromatic heterocycles. The second-order valence-corrected chi connectivity index (χ2v) is 4.14. The molecule has 0 unspecified atom stereocenters. The van der Waals surface area contributed by atoms with Gasteiger partial charge in [-0.25, -0.2) is 4.79 Å². The van der Waals surface area contributed by atoms with E-state index in [9.17, 15) is 18.0 Å². The Hall–Kier alpha value is -1.50. The van der Waals surface area contributed by atoms with Gasteiger partial charge in [-0.15, -0.1) is 13.2 Å². The van der Waals surface area contributed by atoms with Gasteiger partial charge in [-0.2, -0.15) is 5.26 Å². The zero-order valence-electron chi connectivity index (χ0n) is 8.84. The fraction of sp³-hybridized carbons (Fsp3) is 0.200. The van der Waals surface area contributed by atoms with E-state index in [2.05, 4.69) is 9.47 Å². The van der Waals surface area contributed by atoms with Crippen molar-refractivity contribution in [2.45, 2.75) is 6.36 Å². The highest BCUT2D eigenvalue weighted by Gasteiger charge is 2.33. The highest BCUT2D eigenvalue weighted by molar-refractivity contribution is 14.1. The molecule has 0 heterocycles. The third-order valence-electron chi connectivity index (χ3n) is 1.82. The van der Waals surface area contributed by atoms with Crippen molar-refractivity contribution >= 4 is 28.6 Å². The molecule has 0 saturated heterocycles. The van der Waals surface area contributed by atoms with Crippen molar-refractivity contribution in [1.29, 1.82) is 5.26 Å². The number of nitrogens with zero attached hydrogens (tertiary/aromatic N) is 1. The number of carbonyl (C=O) groups is 1. The number of nitriles is 1. The average Bonchev–Trinajstić information content (AvgIpc) is 2.28. The number of hydrogen-bond acceptors (Lipinski definition) is 4. The van der Waals surface area contributed by atoms with Gasteiger partial charge in [0, 0.05) is 3.57 Å². The number of alkyl halides is 3. The van der Waals surface area contributed by atoms with Crippen LogP contribution in [0.5, 0.6) is 5.75 Å². The first-order valence-electron chi connectivity index (χ1n) is 4.36. The summed E-state index contributed by atoms with van der Waals surface area (Å²) in [6, 6.07) is 3.51. The Kier molecular flexibility index (Phi) is 4.39. The first-order chi connectivity index (χ1) is 8.28. The Balaban J connectivity index is 3.32. The number of carbonyl (C=O) groups excluding carboxylic acids is 1. The molecule has 0 atom stereocenters. The fourth-order valence-electron chi connectivity index (χ4n) is 1.12. The van der Waals surface area contributed by atoms with Gasteiger partial charge in [0.15, 0.2) is 0 Å². The van der Waals surface area contributed by atoms with Crippen LogP contribution in [0.3, 0.4) is 0 Å². The molecule has 8 heteroatoms. The molecule has 0 aliphatic carbocycles. The van der Waals surface area contributed by atoms with Crippen LogP contribution in [0.1, 0.15) is 15.9 Å². The molecule has 0 radical (unpaired) electrons. The number of esters is 1.